The summed E-state index contributed by atoms with van der Waals surface area (Å²) in [6, 6.07) is 9.76. The summed E-state index contributed by atoms with van der Waals surface area (Å²) < 4.78 is 27.8. The van der Waals surface area contributed by atoms with Crippen molar-refractivity contribution in [3.63, 3.8) is 0 Å². The van der Waals surface area contributed by atoms with E-state index in [1.54, 1.807) is 53.2 Å². The van der Waals surface area contributed by atoms with E-state index in [-0.39, 0.29) is 12.5 Å². The van der Waals surface area contributed by atoms with Gasteiger partial charge in [0.15, 0.2) is 0 Å². The van der Waals surface area contributed by atoms with E-state index in [2.05, 4.69) is 5.10 Å². The van der Waals surface area contributed by atoms with E-state index < -0.39 is 16.1 Å². The first-order chi connectivity index (χ1) is 12.8. The monoisotopic (exact) mass is 387 g/mol. The van der Waals surface area contributed by atoms with E-state index >= 15 is 0 Å². The number of aromatic nitrogens is 2. The van der Waals surface area contributed by atoms with Gasteiger partial charge in [-0.15, -0.1) is 0 Å². The molecular weight excluding hydrogens is 366 g/mol. The largest absolute Gasteiger partial charge is 0.296 e. The van der Waals surface area contributed by atoms with Gasteiger partial charge in [-0.25, -0.2) is 8.42 Å². The zero-order valence-electron chi connectivity index (χ0n) is 15.2. The van der Waals surface area contributed by atoms with Gasteiger partial charge in [0, 0.05) is 26.2 Å². The maximum absolute atomic E-state index is 13.1. The topological polar surface area (TPSA) is 99.3 Å². The zero-order chi connectivity index (χ0) is 19.6. The summed E-state index contributed by atoms with van der Waals surface area (Å²) >= 11 is 0. The van der Waals surface area contributed by atoms with Crippen LogP contribution in [-0.2, 0) is 28.4 Å². The van der Waals surface area contributed by atoms with Gasteiger partial charge >= 0.3 is 0 Å². The van der Waals surface area contributed by atoms with Crippen LogP contribution in [0.1, 0.15) is 24.0 Å². The van der Waals surface area contributed by atoms with Crippen LogP contribution in [0.5, 0.6) is 0 Å². The molecule has 0 N–H and O–H groups in total. The van der Waals surface area contributed by atoms with Crippen molar-refractivity contribution in [3.05, 3.63) is 47.7 Å². The summed E-state index contributed by atoms with van der Waals surface area (Å²) in [5.41, 5.74) is 1.12. The molecule has 8 nitrogen and oxygen atoms in total. The summed E-state index contributed by atoms with van der Waals surface area (Å²) in [5.74, 6) is 0.386. The highest BCUT2D eigenvalue weighted by atomic mass is 32.2. The molecule has 27 heavy (non-hydrogen) atoms. The lowest BCUT2D eigenvalue weighted by Crippen LogP contribution is -2.54. The number of aryl methyl sites for hydroxylation is 1. The first kappa shape index (κ1) is 19.1. The van der Waals surface area contributed by atoms with Crippen molar-refractivity contribution in [1.29, 1.82) is 5.26 Å². The van der Waals surface area contributed by atoms with Crippen molar-refractivity contribution in [2.45, 2.75) is 25.4 Å². The predicted molar refractivity (Wildman–Crippen MR) is 100 cm³/mol. The summed E-state index contributed by atoms with van der Waals surface area (Å²) in [4.78, 5) is 14.7. The molecule has 0 aliphatic carbocycles. The van der Waals surface area contributed by atoms with Crippen LogP contribution >= 0.6 is 0 Å². The predicted octanol–water partition coefficient (Wildman–Crippen LogP) is 1.25. The first-order valence-electron chi connectivity index (χ1n) is 8.56. The number of hydrogen-bond acceptors (Lipinski definition) is 5. The molecule has 1 aliphatic heterocycles. The normalized spacial score (nSPS) is 17.9. The molecule has 0 spiro atoms. The Morgan fingerprint density at radius 3 is 2.78 bits per heavy atom. The molecule has 0 bridgehead atoms. The molecule has 1 aromatic heterocycles. The third-order valence-corrected chi connectivity index (χ3v) is 5.89. The number of hydrogen-bond donors (Lipinski definition) is 0. The Hall–Kier alpha value is -2.70. The Balaban J connectivity index is 1.92. The van der Waals surface area contributed by atoms with Crippen molar-refractivity contribution in [2.24, 2.45) is 7.05 Å². The number of amides is 1. The zero-order valence-corrected chi connectivity index (χ0v) is 16.1. The lowest BCUT2D eigenvalue weighted by atomic mass is 10.0. The van der Waals surface area contributed by atoms with E-state index in [4.69, 9.17) is 5.26 Å². The summed E-state index contributed by atoms with van der Waals surface area (Å²) in [7, 11) is -1.89. The van der Waals surface area contributed by atoms with Crippen LogP contribution in [0.3, 0.4) is 0 Å². The van der Waals surface area contributed by atoms with E-state index in [0.717, 1.165) is 6.26 Å². The number of carbonyl (C=O) groups is 1. The molecule has 3 rings (SSSR count). The molecule has 1 amide bonds. The number of rotatable bonds is 5. The molecule has 1 saturated heterocycles. The van der Waals surface area contributed by atoms with Crippen molar-refractivity contribution in [2.75, 3.05) is 17.7 Å². The number of sulfonamides is 1. The molecule has 1 aromatic carbocycles. The molecule has 2 heterocycles. The number of nitriles is 1. The minimum atomic E-state index is -3.64. The van der Waals surface area contributed by atoms with Crippen LogP contribution in [0, 0.1) is 11.3 Å². The average Bonchev–Trinajstić information content (AvgIpc) is 3.05. The lowest BCUT2D eigenvalue weighted by Gasteiger charge is -2.37. The number of anilines is 1. The third kappa shape index (κ3) is 4.02. The highest BCUT2D eigenvalue weighted by Crippen LogP contribution is 2.26. The van der Waals surface area contributed by atoms with Gasteiger partial charge in [0.2, 0.25) is 15.9 Å². The van der Waals surface area contributed by atoms with Gasteiger partial charge in [0.05, 0.1) is 24.1 Å². The number of carbonyl (C=O) groups excluding carboxylic acids is 1. The fourth-order valence-electron chi connectivity index (χ4n) is 3.36. The minimum absolute atomic E-state index is 0.0456. The second-order valence-electron chi connectivity index (χ2n) is 6.58. The molecular formula is C18H21N5O3S. The van der Waals surface area contributed by atoms with Crippen molar-refractivity contribution < 1.29 is 13.2 Å². The van der Waals surface area contributed by atoms with Gasteiger partial charge in [0.25, 0.3) is 0 Å². The Labute approximate surface area is 158 Å². The van der Waals surface area contributed by atoms with Crippen LogP contribution < -0.4 is 4.90 Å². The van der Waals surface area contributed by atoms with Crippen LogP contribution in [0.15, 0.2) is 36.5 Å². The SMILES string of the molecule is Cn1nccc1N1CCCC(N(Cc2cccc(C#N)c2)S(C)(=O)=O)C1=O. The quantitative estimate of drug-likeness (QED) is 0.769. The standard InChI is InChI=1S/C18H21N5O3S/c1-21-17(8-9-20-21)22-10-4-7-16(18(22)24)23(27(2,25)26)13-15-6-3-5-14(11-15)12-19/h3,5-6,8-9,11,16H,4,7,10,13H2,1-2H3. The van der Waals surface area contributed by atoms with Gasteiger partial charge in [-0.05, 0) is 30.5 Å². The van der Waals surface area contributed by atoms with Crippen molar-refractivity contribution in [3.8, 4) is 6.07 Å². The van der Waals surface area contributed by atoms with E-state index in [1.165, 1.54) is 4.31 Å². The van der Waals surface area contributed by atoms with Crippen molar-refractivity contribution in [1.82, 2.24) is 14.1 Å². The molecule has 9 heteroatoms. The van der Waals surface area contributed by atoms with Crippen LogP contribution in [0.2, 0.25) is 0 Å². The summed E-state index contributed by atoms with van der Waals surface area (Å²) in [6.45, 7) is 0.570. The molecule has 1 fully saturated rings. The Morgan fingerprint density at radius 2 is 2.15 bits per heavy atom. The molecule has 1 aliphatic rings. The maximum Gasteiger partial charge on any atom is 0.246 e. The lowest BCUT2D eigenvalue weighted by molar-refractivity contribution is -0.123. The van der Waals surface area contributed by atoms with Crippen molar-refractivity contribution >= 4 is 21.7 Å². The summed E-state index contributed by atoms with van der Waals surface area (Å²) in [5, 5.41) is 13.2. The molecule has 142 valence electrons. The minimum Gasteiger partial charge on any atom is -0.296 e. The Kier molecular flexibility index (Phi) is 5.30. The van der Waals surface area contributed by atoms with E-state index in [1.807, 2.05) is 6.07 Å². The average molecular weight is 387 g/mol. The maximum atomic E-state index is 13.1. The van der Waals surface area contributed by atoms with Gasteiger partial charge in [-0.3, -0.25) is 14.4 Å². The fraction of sp³-hybridized carbons (Fsp3) is 0.389. The highest BCUT2D eigenvalue weighted by molar-refractivity contribution is 7.88. The molecule has 0 radical (unpaired) electrons. The first-order valence-corrected chi connectivity index (χ1v) is 10.4. The number of nitrogens with zero attached hydrogens (tertiary/aromatic N) is 5. The van der Waals surface area contributed by atoms with E-state index in [0.29, 0.717) is 36.3 Å². The number of benzene rings is 1. The summed E-state index contributed by atoms with van der Waals surface area (Å²) in [6.07, 6.45) is 3.86. The smallest absolute Gasteiger partial charge is 0.246 e. The van der Waals surface area contributed by atoms with Gasteiger partial charge in [0.1, 0.15) is 11.9 Å². The number of piperidine rings is 1. The van der Waals surface area contributed by atoms with Crippen LogP contribution in [0.25, 0.3) is 0 Å². The highest BCUT2D eigenvalue weighted by Gasteiger charge is 2.38. The molecule has 2 aromatic rings. The van der Waals surface area contributed by atoms with Crippen LogP contribution in [0.4, 0.5) is 5.82 Å². The van der Waals surface area contributed by atoms with E-state index in [9.17, 15) is 13.2 Å². The van der Waals surface area contributed by atoms with Gasteiger partial charge < -0.3 is 0 Å². The Morgan fingerprint density at radius 1 is 1.37 bits per heavy atom. The van der Waals surface area contributed by atoms with Gasteiger partial charge in [-0.2, -0.15) is 14.7 Å². The van der Waals surface area contributed by atoms with Gasteiger partial charge in [-0.1, -0.05) is 12.1 Å². The molecule has 1 atom stereocenters. The Bertz CT molecular complexity index is 992. The fourth-order valence-corrected chi connectivity index (χ4v) is 4.40. The third-order valence-electron chi connectivity index (χ3n) is 4.65. The molecule has 1 unspecified atom stereocenters. The second kappa shape index (κ2) is 7.50. The second-order valence-corrected chi connectivity index (χ2v) is 8.52. The molecule has 0 saturated carbocycles. The van der Waals surface area contributed by atoms with Crippen LogP contribution in [-0.4, -0.2) is 47.3 Å².